The Morgan fingerprint density at radius 2 is 1.57 bits per heavy atom. The van der Waals surface area contributed by atoms with Crippen molar-refractivity contribution in [3.8, 4) is 11.3 Å². The number of nitrogens with one attached hydrogen (secondary N) is 2. The van der Waals surface area contributed by atoms with Crippen LogP contribution >= 0.6 is 0 Å². The summed E-state index contributed by atoms with van der Waals surface area (Å²) in [6.45, 7) is 8.45. The molecule has 10 nitrogen and oxygen atoms in total. The van der Waals surface area contributed by atoms with E-state index in [4.69, 9.17) is 15.2 Å². The van der Waals surface area contributed by atoms with Crippen LogP contribution in [-0.4, -0.2) is 59.3 Å². The van der Waals surface area contributed by atoms with Gasteiger partial charge in [-0.1, -0.05) is 42.5 Å². The summed E-state index contributed by atoms with van der Waals surface area (Å²) in [7, 11) is 0. The maximum absolute atomic E-state index is 13.5. The third-order valence-electron chi connectivity index (χ3n) is 7.09. The van der Waals surface area contributed by atoms with Crippen molar-refractivity contribution in [1.29, 1.82) is 0 Å². The molecule has 0 saturated carbocycles. The lowest BCUT2D eigenvalue weighted by atomic mass is 9.90. The number of hydrogen-bond acceptors (Lipinski definition) is 9. The number of aromatic nitrogens is 2. The summed E-state index contributed by atoms with van der Waals surface area (Å²) < 4.78 is 11.0. The molecule has 0 bridgehead atoms. The highest BCUT2D eigenvalue weighted by Crippen LogP contribution is 2.25. The fourth-order valence-corrected chi connectivity index (χ4v) is 4.79. The SMILES string of the molecule is CC(C)(C)OC(=O)[C@@](N)(Cc1ccccc1)C(=O)Nc1ccc(-c2ccnc(Nc3ccc(N4CCOCC4)cc3)n2)cc1. The lowest BCUT2D eigenvalue weighted by Crippen LogP contribution is -2.60. The van der Waals surface area contributed by atoms with Crippen molar-refractivity contribution >= 4 is 34.9 Å². The summed E-state index contributed by atoms with van der Waals surface area (Å²) in [5.74, 6) is -0.985. The number of esters is 1. The number of morpholine rings is 1. The monoisotopic (exact) mass is 594 g/mol. The molecule has 0 unspecified atom stereocenters. The lowest BCUT2D eigenvalue weighted by Gasteiger charge is -2.30. The minimum Gasteiger partial charge on any atom is -0.458 e. The summed E-state index contributed by atoms with van der Waals surface area (Å²) in [4.78, 5) is 38.0. The summed E-state index contributed by atoms with van der Waals surface area (Å²) in [6, 6.07) is 26.3. The van der Waals surface area contributed by atoms with Gasteiger partial charge < -0.3 is 30.7 Å². The van der Waals surface area contributed by atoms with Crippen LogP contribution < -0.4 is 21.3 Å². The molecule has 0 aliphatic carbocycles. The zero-order chi connectivity index (χ0) is 31.2. The lowest BCUT2D eigenvalue weighted by molar-refractivity contribution is -0.163. The molecule has 0 spiro atoms. The summed E-state index contributed by atoms with van der Waals surface area (Å²) >= 11 is 0. The first kappa shape index (κ1) is 30.7. The molecule has 1 aliphatic rings. The van der Waals surface area contributed by atoms with Crippen LogP contribution in [0.1, 0.15) is 26.3 Å². The van der Waals surface area contributed by atoms with Gasteiger partial charge in [0.05, 0.1) is 18.9 Å². The van der Waals surface area contributed by atoms with E-state index in [1.807, 2.05) is 60.7 Å². The molecule has 5 rings (SSSR count). The molecule has 1 atom stereocenters. The molecule has 4 N–H and O–H groups in total. The Labute approximate surface area is 257 Å². The number of benzene rings is 3. The molecule has 1 fully saturated rings. The van der Waals surface area contributed by atoms with Gasteiger partial charge in [0.25, 0.3) is 5.91 Å². The van der Waals surface area contributed by atoms with Crippen LogP contribution in [0.15, 0.2) is 91.1 Å². The van der Waals surface area contributed by atoms with Gasteiger partial charge in [-0.3, -0.25) is 4.79 Å². The van der Waals surface area contributed by atoms with Gasteiger partial charge in [-0.2, -0.15) is 0 Å². The molecule has 1 amide bonds. The van der Waals surface area contributed by atoms with Gasteiger partial charge in [0.1, 0.15) is 5.60 Å². The molecule has 1 aliphatic heterocycles. The molecular weight excluding hydrogens is 556 g/mol. The van der Waals surface area contributed by atoms with Crippen molar-refractivity contribution in [2.24, 2.45) is 5.73 Å². The highest BCUT2D eigenvalue weighted by Gasteiger charge is 2.45. The predicted molar refractivity (Wildman–Crippen MR) is 172 cm³/mol. The molecule has 0 radical (unpaired) electrons. The van der Waals surface area contributed by atoms with Gasteiger partial charge in [0.15, 0.2) is 5.54 Å². The minimum atomic E-state index is -1.93. The quantitative estimate of drug-likeness (QED) is 0.182. The number of ether oxygens (including phenoxy) is 2. The molecule has 44 heavy (non-hydrogen) atoms. The number of hydrogen-bond donors (Lipinski definition) is 3. The first-order chi connectivity index (χ1) is 21.1. The molecular formula is C34H38N6O4. The average Bonchev–Trinajstić information content (AvgIpc) is 3.02. The van der Waals surface area contributed by atoms with Crippen LogP contribution in [0.4, 0.5) is 23.0 Å². The Morgan fingerprint density at radius 3 is 2.23 bits per heavy atom. The largest absolute Gasteiger partial charge is 0.458 e. The van der Waals surface area contributed by atoms with E-state index in [-0.39, 0.29) is 6.42 Å². The Balaban J connectivity index is 1.27. The van der Waals surface area contributed by atoms with Crippen LogP contribution in [-0.2, 0) is 25.5 Å². The van der Waals surface area contributed by atoms with E-state index in [1.54, 1.807) is 39.1 Å². The molecule has 228 valence electrons. The zero-order valence-electron chi connectivity index (χ0n) is 25.2. The van der Waals surface area contributed by atoms with Gasteiger partial charge in [0.2, 0.25) is 5.95 Å². The third-order valence-corrected chi connectivity index (χ3v) is 7.09. The third kappa shape index (κ3) is 7.77. The second-order valence-corrected chi connectivity index (χ2v) is 11.7. The van der Waals surface area contributed by atoms with E-state index in [0.717, 1.165) is 48.8 Å². The number of rotatable bonds is 9. The number of anilines is 4. The summed E-state index contributed by atoms with van der Waals surface area (Å²) in [6.07, 6.45) is 1.68. The first-order valence-electron chi connectivity index (χ1n) is 14.6. The smallest absolute Gasteiger partial charge is 0.336 e. The van der Waals surface area contributed by atoms with Gasteiger partial charge in [-0.15, -0.1) is 0 Å². The number of carbonyl (C=O) groups is 2. The van der Waals surface area contributed by atoms with Crippen LogP contribution in [0.5, 0.6) is 0 Å². The van der Waals surface area contributed by atoms with Crippen molar-refractivity contribution in [3.63, 3.8) is 0 Å². The standard InChI is InChI=1S/C34H38N6O4/c1-33(2,3)44-31(42)34(35,23-24-7-5-4-6-8-24)30(41)37-26-11-9-25(10-12-26)29-17-18-36-32(39-29)38-27-13-15-28(16-14-27)40-19-21-43-22-20-40/h4-18H,19-23,35H2,1-3H3,(H,37,41)(H,36,38,39)/t34-/m1/s1. The topological polar surface area (TPSA) is 132 Å². The molecule has 2 heterocycles. The highest BCUT2D eigenvalue weighted by atomic mass is 16.6. The Hall–Kier alpha value is -4.80. The maximum Gasteiger partial charge on any atom is 0.336 e. The van der Waals surface area contributed by atoms with Crippen LogP contribution in [0.3, 0.4) is 0 Å². The van der Waals surface area contributed by atoms with E-state index in [9.17, 15) is 9.59 Å². The molecule has 1 saturated heterocycles. The highest BCUT2D eigenvalue weighted by molar-refractivity contribution is 6.13. The Bertz CT molecular complexity index is 1570. The van der Waals surface area contributed by atoms with Crippen molar-refractivity contribution in [2.45, 2.75) is 38.3 Å². The molecule has 3 aromatic carbocycles. The number of nitrogens with two attached hydrogens (primary N) is 1. The second kappa shape index (κ2) is 13.2. The van der Waals surface area contributed by atoms with Crippen molar-refractivity contribution in [3.05, 3.63) is 96.7 Å². The zero-order valence-corrected chi connectivity index (χ0v) is 25.2. The maximum atomic E-state index is 13.5. The van der Waals surface area contributed by atoms with E-state index < -0.39 is 23.0 Å². The van der Waals surface area contributed by atoms with Crippen molar-refractivity contribution < 1.29 is 19.1 Å². The number of nitrogens with zero attached hydrogens (tertiary/aromatic N) is 3. The normalized spacial score (nSPS) is 14.8. The van der Waals surface area contributed by atoms with Gasteiger partial charge in [-0.25, -0.2) is 14.8 Å². The predicted octanol–water partition coefficient (Wildman–Crippen LogP) is 4.94. The van der Waals surface area contributed by atoms with E-state index in [0.29, 0.717) is 17.3 Å². The Kier molecular flexibility index (Phi) is 9.22. The van der Waals surface area contributed by atoms with Crippen LogP contribution in [0.25, 0.3) is 11.3 Å². The van der Waals surface area contributed by atoms with Gasteiger partial charge in [0, 0.05) is 48.3 Å². The minimum absolute atomic E-state index is 0.0146. The summed E-state index contributed by atoms with van der Waals surface area (Å²) in [5.41, 5.74) is 8.55. The van der Waals surface area contributed by atoms with Gasteiger partial charge >= 0.3 is 5.97 Å². The average molecular weight is 595 g/mol. The number of carbonyl (C=O) groups excluding carboxylic acids is 2. The number of amides is 1. The fourth-order valence-electron chi connectivity index (χ4n) is 4.79. The molecule has 4 aromatic rings. The van der Waals surface area contributed by atoms with E-state index >= 15 is 0 Å². The van der Waals surface area contributed by atoms with E-state index in [1.165, 1.54) is 0 Å². The first-order valence-corrected chi connectivity index (χ1v) is 14.6. The Morgan fingerprint density at radius 1 is 0.909 bits per heavy atom. The van der Waals surface area contributed by atoms with Gasteiger partial charge in [-0.05, 0) is 68.8 Å². The molecule has 1 aromatic heterocycles. The fraction of sp³-hybridized carbons (Fsp3) is 0.294. The second-order valence-electron chi connectivity index (χ2n) is 11.7. The van der Waals surface area contributed by atoms with Crippen molar-refractivity contribution in [1.82, 2.24) is 9.97 Å². The van der Waals surface area contributed by atoms with E-state index in [2.05, 4.69) is 37.6 Å². The van der Waals surface area contributed by atoms with Crippen LogP contribution in [0, 0.1) is 0 Å². The van der Waals surface area contributed by atoms with Crippen molar-refractivity contribution in [2.75, 3.05) is 41.8 Å². The van der Waals surface area contributed by atoms with Crippen LogP contribution in [0.2, 0.25) is 0 Å². The molecule has 10 heteroatoms. The summed E-state index contributed by atoms with van der Waals surface area (Å²) in [5, 5.41) is 6.06.